The highest BCUT2D eigenvalue weighted by Gasteiger charge is 2.17. The molecule has 0 aliphatic heterocycles. The third kappa shape index (κ3) is 3.97. The van der Waals surface area contributed by atoms with Crippen molar-refractivity contribution in [2.45, 2.75) is 20.3 Å². The van der Waals surface area contributed by atoms with E-state index >= 15 is 0 Å². The van der Waals surface area contributed by atoms with Gasteiger partial charge in [0.05, 0.1) is 12.2 Å². The summed E-state index contributed by atoms with van der Waals surface area (Å²) in [4.78, 5) is 11.0. The Labute approximate surface area is 104 Å². The highest BCUT2D eigenvalue weighted by molar-refractivity contribution is 6.68. The van der Waals surface area contributed by atoms with Crippen LogP contribution in [-0.2, 0) is 0 Å². The fourth-order valence-electron chi connectivity index (χ4n) is 1.25. The first-order valence-electron chi connectivity index (χ1n) is 5.23. The van der Waals surface area contributed by atoms with E-state index in [1.807, 2.05) is 13.8 Å². The Balaban J connectivity index is 2.92. The van der Waals surface area contributed by atoms with E-state index in [9.17, 15) is 13.6 Å². The van der Waals surface area contributed by atoms with Crippen LogP contribution in [0.5, 0.6) is 5.75 Å². The average Bonchev–Trinajstić information content (AvgIpc) is 2.19. The molecule has 0 fully saturated rings. The lowest BCUT2D eigenvalue weighted by molar-refractivity contribution is 0.107. The van der Waals surface area contributed by atoms with Gasteiger partial charge < -0.3 is 4.74 Å². The Morgan fingerprint density at radius 2 is 2.06 bits per heavy atom. The molecule has 1 aromatic rings. The van der Waals surface area contributed by atoms with Gasteiger partial charge in [-0.1, -0.05) is 13.8 Å². The molecule has 2 nitrogen and oxygen atoms in total. The van der Waals surface area contributed by atoms with E-state index in [2.05, 4.69) is 0 Å². The second kappa shape index (κ2) is 5.96. The summed E-state index contributed by atoms with van der Waals surface area (Å²) in [6.45, 7) is 4.22. The Kier molecular flexibility index (Phi) is 4.87. The largest absolute Gasteiger partial charge is 0.490 e. The fraction of sp³-hybridized carbons (Fsp3) is 0.417. The second-order valence-corrected chi connectivity index (χ2v) is 4.41. The van der Waals surface area contributed by atoms with Crippen molar-refractivity contribution < 1.29 is 18.3 Å². The third-order valence-corrected chi connectivity index (χ3v) is 2.37. The number of ether oxygens (including phenoxy) is 1. The van der Waals surface area contributed by atoms with Gasteiger partial charge in [0.15, 0.2) is 11.6 Å². The molecular weight excluding hydrogens is 250 g/mol. The third-order valence-electron chi connectivity index (χ3n) is 2.16. The van der Waals surface area contributed by atoms with Crippen molar-refractivity contribution in [1.82, 2.24) is 0 Å². The van der Waals surface area contributed by atoms with E-state index in [0.29, 0.717) is 18.4 Å². The zero-order valence-corrected chi connectivity index (χ0v) is 10.4. The smallest absolute Gasteiger partial charge is 0.256 e. The van der Waals surface area contributed by atoms with Crippen molar-refractivity contribution in [3.8, 4) is 5.75 Å². The van der Waals surface area contributed by atoms with Gasteiger partial charge in [-0.05, 0) is 30.0 Å². The molecule has 17 heavy (non-hydrogen) atoms. The monoisotopic (exact) mass is 262 g/mol. The van der Waals surface area contributed by atoms with Gasteiger partial charge in [-0.3, -0.25) is 4.79 Å². The van der Waals surface area contributed by atoms with Gasteiger partial charge in [0, 0.05) is 6.07 Å². The van der Waals surface area contributed by atoms with Crippen molar-refractivity contribution in [3.63, 3.8) is 0 Å². The highest BCUT2D eigenvalue weighted by Crippen LogP contribution is 2.26. The van der Waals surface area contributed by atoms with E-state index in [0.717, 1.165) is 6.07 Å². The van der Waals surface area contributed by atoms with Crippen LogP contribution in [0.2, 0.25) is 0 Å². The van der Waals surface area contributed by atoms with Crippen LogP contribution in [-0.4, -0.2) is 11.8 Å². The van der Waals surface area contributed by atoms with Gasteiger partial charge in [-0.15, -0.1) is 0 Å². The van der Waals surface area contributed by atoms with Crippen LogP contribution in [0.1, 0.15) is 30.6 Å². The molecule has 94 valence electrons. The van der Waals surface area contributed by atoms with E-state index in [-0.39, 0.29) is 17.9 Å². The van der Waals surface area contributed by atoms with Gasteiger partial charge in [0.2, 0.25) is 0 Å². The summed E-state index contributed by atoms with van der Waals surface area (Å²) in [6, 6.07) is 1.52. The molecule has 5 heteroatoms. The minimum absolute atomic E-state index is 0.247. The van der Waals surface area contributed by atoms with Crippen LogP contribution in [0, 0.1) is 17.6 Å². The first-order chi connectivity index (χ1) is 7.91. The molecule has 0 saturated carbocycles. The SMILES string of the molecule is CC(C)CCOc1c(F)cc(F)cc1C(=O)Cl. The Hall–Kier alpha value is -1.16. The van der Waals surface area contributed by atoms with E-state index in [1.165, 1.54) is 0 Å². The van der Waals surface area contributed by atoms with Crippen molar-refractivity contribution in [3.05, 3.63) is 29.3 Å². The summed E-state index contributed by atoms with van der Waals surface area (Å²) in [5.74, 6) is -1.68. The van der Waals surface area contributed by atoms with Gasteiger partial charge in [0.25, 0.3) is 5.24 Å². The lowest BCUT2D eigenvalue weighted by atomic mass is 10.1. The lowest BCUT2D eigenvalue weighted by Gasteiger charge is -2.11. The molecule has 0 heterocycles. The van der Waals surface area contributed by atoms with Crippen LogP contribution in [0.25, 0.3) is 0 Å². The molecule has 1 aromatic carbocycles. The van der Waals surface area contributed by atoms with Crippen molar-refractivity contribution in [1.29, 1.82) is 0 Å². The Bertz CT molecular complexity index is 419. The molecule has 0 aliphatic carbocycles. The van der Waals surface area contributed by atoms with E-state index in [4.69, 9.17) is 16.3 Å². The molecule has 0 unspecified atom stereocenters. The summed E-state index contributed by atoms with van der Waals surface area (Å²) in [6.07, 6.45) is 0.701. The number of hydrogen-bond acceptors (Lipinski definition) is 2. The lowest BCUT2D eigenvalue weighted by Crippen LogP contribution is -2.07. The van der Waals surface area contributed by atoms with Crippen molar-refractivity contribution in [2.75, 3.05) is 6.61 Å². The first-order valence-corrected chi connectivity index (χ1v) is 5.61. The predicted octanol–water partition coefficient (Wildman–Crippen LogP) is 3.77. The van der Waals surface area contributed by atoms with Gasteiger partial charge >= 0.3 is 0 Å². The van der Waals surface area contributed by atoms with Crippen LogP contribution in [0.15, 0.2) is 12.1 Å². The molecule has 0 aliphatic rings. The highest BCUT2D eigenvalue weighted by atomic mass is 35.5. The molecule has 0 atom stereocenters. The van der Waals surface area contributed by atoms with Crippen LogP contribution in [0.4, 0.5) is 8.78 Å². The molecule has 0 N–H and O–H groups in total. The summed E-state index contributed by atoms with van der Waals surface area (Å²) in [5, 5.41) is -0.942. The number of benzene rings is 1. The molecular formula is C12H13ClF2O2. The second-order valence-electron chi connectivity index (χ2n) is 4.07. The Morgan fingerprint density at radius 3 is 2.59 bits per heavy atom. The van der Waals surface area contributed by atoms with Crippen LogP contribution >= 0.6 is 11.6 Å². The molecule has 0 spiro atoms. The standard InChI is InChI=1S/C12H13ClF2O2/c1-7(2)3-4-17-11-9(12(13)16)5-8(14)6-10(11)15/h5-7H,3-4H2,1-2H3. The number of carbonyl (C=O) groups excluding carboxylic acids is 1. The van der Waals surface area contributed by atoms with E-state index in [1.54, 1.807) is 0 Å². The number of carbonyl (C=O) groups is 1. The maximum absolute atomic E-state index is 13.4. The van der Waals surface area contributed by atoms with Gasteiger partial charge in [0.1, 0.15) is 5.82 Å². The molecule has 1 rings (SSSR count). The summed E-state index contributed by atoms with van der Waals surface area (Å²) in [5.41, 5.74) is -0.284. The summed E-state index contributed by atoms with van der Waals surface area (Å²) < 4.78 is 31.5. The maximum atomic E-state index is 13.4. The normalized spacial score (nSPS) is 10.7. The number of hydrogen-bond donors (Lipinski definition) is 0. The summed E-state index contributed by atoms with van der Waals surface area (Å²) >= 11 is 5.24. The molecule has 0 saturated heterocycles. The summed E-state index contributed by atoms with van der Waals surface area (Å²) in [7, 11) is 0. The van der Waals surface area contributed by atoms with Gasteiger partial charge in [-0.2, -0.15) is 0 Å². The molecule has 0 amide bonds. The van der Waals surface area contributed by atoms with Crippen LogP contribution < -0.4 is 4.74 Å². The first kappa shape index (κ1) is 13.9. The van der Waals surface area contributed by atoms with Crippen LogP contribution in [0.3, 0.4) is 0 Å². The van der Waals surface area contributed by atoms with Crippen molar-refractivity contribution in [2.24, 2.45) is 5.92 Å². The van der Waals surface area contributed by atoms with E-state index < -0.39 is 16.9 Å². The van der Waals surface area contributed by atoms with Crippen molar-refractivity contribution >= 4 is 16.8 Å². The minimum atomic E-state index is -0.942. The Morgan fingerprint density at radius 1 is 1.41 bits per heavy atom. The number of rotatable bonds is 5. The topological polar surface area (TPSA) is 26.3 Å². The number of halogens is 3. The maximum Gasteiger partial charge on any atom is 0.256 e. The average molecular weight is 263 g/mol. The predicted molar refractivity (Wildman–Crippen MR) is 61.5 cm³/mol. The molecule has 0 radical (unpaired) electrons. The quantitative estimate of drug-likeness (QED) is 0.755. The molecule has 0 aromatic heterocycles. The zero-order valence-electron chi connectivity index (χ0n) is 9.60. The van der Waals surface area contributed by atoms with Gasteiger partial charge in [-0.25, -0.2) is 8.78 Å². The fourth-order valence-corrected chi connectivity index (χ4v) is 1.39. The minimum Gasteiger partial charge on any atom is -0.490 e. The molecule has 0 bridgehead atoms. The zero-order chi connectivity index (χ0) is 13.0.